The van der Waals surface area contributed by atoms with Crippen molar-refractivity contribution in [3.05, 3.63) is 35.4 Å². The summed E-state index contributed by atoms with van der Waals surface area (Å²) in [4.78, 5) is 37.3. The Morgan fingerprint density at radius 3 is 2.58 bits per heavy atom. The average Bonchev–Trinajstić information content (AvgIpc) is 2.79. The van der Waals surface area contributed by atoms with E-state index in [1.807, 2.05) is 13.0 Å². The van der Waals surface area contributed by atoms with Crippen LogP contribution in [-0.4, -0.2) is 36.0 Å². The standard InChI is InChI=1S/C17H19N3O4/c1-3-4-9-24-14(21)11-20-15(22)17(2,19-16(20)23)13-7-5-12(10-18)6-8-13/h5-8H,3-4,9,11H2,1-2H3,(H,19,23). The summed E-state index contributed by atoms with van der Waals surface area (Å²) in [5.74, 6) is -1.14. The van der Waals surface area contributed by atoms with Gasteiger partial charge in [-0.1, -0.05) is 25.5 Å². The molecule has 1 aliphatic rings. The Labute approximate surface area is 140 Å². The maximum absolute atomic E-state index is 12.6. The van der Waals surface area contributed by atoms with Gasteiger partial charge in [0, 0.05) is 0 Å². The number of amides is 3. The molecule has 24 heavy (non-hydrogen) atoms. The number of carbonyl (C=O) groups excluding carboxylic acids is 3. The van der Waals surface area contributed by atoms with Crippen molar-refractivity contribution in [1.82, 2.24) is 10.2 Å². The van der Waals surface area contributed by atoms with Crippen LogP contribution in [0.25, 0.3) is 0 Å². The maximum Gasteiger partial charge on any atom is 0.326 e. The Morgan fingerprint density at radius 2 is 2.00 bits per heavy atom. The van der Waals surface area contributed by atoms with Crippen LogP contribution in [0.3, 0.4) is 0 Å². The molecule has 1 aromatic rings. The number of rotatable bonds is 6. The average molecular weight is 329 g/mol. The zero-order valence-corrected chi connectivity index (χ0v) is 13.7. The summed E-state index contributed by atoms with van der Waals surface area (Å²) < 4.78 is 5.00. The second kappa shape index (κ2) is 7.13. The summed E-state index contributed by atoms with van der Waals surface area (Å²) in [6.45, 7) is 3.39. The van der Waals surface area contributed by atoms with Gasteiger partial charge in [-0.2, -0.15) is 5.26 Å². The van der Waals surface area contributed by atoms with Crippen molar-refractivity contribution in [3.63, 3.8) is 0 Å². The van der Waals surface area contributed by atoms with Crippen molar-refractivity contribution in [3.8, 4) is 6.07 Å². The summed E-state index contributed by atoms with van der Waals surface area (Å²) >= 11 is 0. The first-order chi connectivity index (χ1) is 11.4. The highest BCUT2D eigenvalue weighted by Crippen LogP contribution is 2.28. The van der Waals surface area contributed by atoms with Gasteiger partial charge < -0.3 is 10.1 Å². The second-order valence-corrected chi connectivity index (χ2v) is 5.71. The fraction of sp³-hybridized carbons (Fsp3) is 0.412. The molecule has 0 saturated carbocycles. The zero-order chi connectivity index (χ0) is 17.7. The van der Waals surface area contributed by atoms with E-state index in [-0.39, 0.29) is 6.61 Å². The second-order valence-electron chi connectivity index (χ2n) is 5.71. The number of hydrogen-bond acceptors (Lipinski definition) is 5. The first kappa shape index (κ1) is 17.5. The molecule has 0 aromatic heterocycles. The molecule has 1 aliphatic heterocycles. The van der Waals surface area contributed by atoms with E-state index in [0.717, 1.165) is 17.7 Å². The lowest BCUT2D eigenvalue weighted by atomic mass is 9.91. The van der Waals surface area contributed by atoms with E-state index in [1.54, 1.807) is 31.2 Å². The molecule has 1 atom stereocenters. The van der Waals surface area contributed by atoms with Crippen LogP contribution >= 0.6 is 0 Å². The van der Waals surface area contributed by atoms with Crippen LogP contribution < -0.4 is 5.32 Å². The molecule has 126 valence electrons. The number of nitriles is 1. The van der Waals surface area contributed by atoms with Crippen molar-refractivity contribution in [2.45, 2.75) is 32.2 Å². The maximum atomic E-state index is 12.6. The normalized spacial score (nSPS) is 19.8. The van der Waals surface area contributed by atoms with Crippen LogP contribution in [0.4, 0.5) is 4.79 Å². The number of carbonyl (C=O) groups is 3. The predicted molar refractivity (Wildman–Crippen MR) is 84.6 cm³/mol. The third-order valence-electron chi connectivity index (χ3n) is 3.91. The van der Waals surface area contributed by atoms with Crippen molar-refractivity contribution in [2.24, 2.45) is 0 Å². The minimum absolute atomic E-state index is 0.270. The lowest BCUT2D eigenvalue weighted by molar-refractivity contribution is -0.147. The van der Waals surface area contributed by atoms with E-state index in [1.165, 1.54) is 0 Å². The summed E-state index contributed by atoms with van der Waals surface area (Å²) in [5, 5.41) is 11.4. The molecule has 1 N–H and O–H groups in total. The van der Waals surface area contributed by atoms with Gasteiger partial charge in [-0.3, -0.25) is 14.5 Å². The number of ether oxygens (including phenoxy) is 1. The first-order valence-corrected chi connectivity index (χ1v) is 7.72. The smallest absolute Gasteiger partial charge is 0.326 e. The molecular formula is C17H19N3O4. The van der Waals surface area contributed by atoms with Gasteiger partial charge in [-0.15, -0.1) is 0 Å². The highest BCUT2D eigenvalue weighted by Gasteiger charge is 2.49. The Morgan fingerprint density at radius 1 is 1.33 bits per heavy atom. The highest BCUT2D eigenvalue weighted by molar-refractivity contribution is 6.08. The lowest BCUT2D eigenvalue weighted by Crippen LogP contribution is -2.41. The summed E-state index contributed by atoms with van der Waals surface area (Å²) in [6.07, 6.45) is 1.61. The third kappa shape index (κ3) is 3.38. The lowest BCUT2D eigenvalue weighted by Gasteiger charge is -2.22. The minimum Gasteiger partial charge on any atom is -0.464 e. The Hall–Kier alpha value is -2.88. The molecule has 0 radical (unpaired) electrons. The number of nitrogens with zero attached hydrogens (tertiary/aromatic N) is 2. The van der Waals surface area contributed by atoms with E-state index in [9.17, 15) is 14.4 Å². The van der Waals surface area contributed by atoms with Gasteiger partial charge in [0.1, 0.15) is 12.1 Å². The van der Waals surface area contributed by atoms with Crippen molar-refractivity contribution >= 4 is 17.9 Å². The Bertz CT molecular complexity index is 693. The molecule has 1 fully saturated rings. The molecule has 3 amide bonds. The van der Waals surface area contributed by atoms with Crippen molar-refractivity contribution < 1.29 is 19.1 Å². The molecule has 7 heteroatoms. The SMILES string of the molecule is CCCCOC(=O)CN1C(=O)NC(C)(c2ccc(C#N)cc2)C1=O. The predicted octanol–water partition coefficient (Wildman–Crippen LogP) is 1.67. The molecular weight excluding hydrogens is 310 g/mol. The third-order valence-corrected chi connectivity index (χ3v) is 3.91. The van der Waals surface area contributed by atoms with Crippen LogP contribution in [0.1, 0.15) is 37.8 Å². The quantitative estimate of drug-likeness (QED) is 0.486. The van der Waals surface area contributed by atoms with E-state index >= 15 is 0 Å². The topological polar surface area (TPSA) is 99.5 Å². The fourth-order valence-electron chi connectivity index (χ4n) is 2.42. The Kier molecular flexibility index (Phi) is 5.19. The monoisotopic (exact) mass is 329 g/mol. The number of urea groups is 1. The molecule has 7 nitrogen and oxygen atoms in total. The number of benzene rings is 1. The van der Waals surface area contributed by atoms with Crippen molar-refractivity contribution in [1.29, 1.82) is 5.26 Å². The van der Waals surface area contributed by atoms with Crippen LogP contribution in [0, 0.1) is 11.3 Å². The molecule has 0 bridgehead atoms. The van der Waals surface area contributed by atoms with Gasteiger partial charge in [0.25, 0.3) is 5.91 Å². The van der Waals surface area contributed by atoms with Crippen LogP contribution in [0.15, 0.2) is 24.3 Å². The van der Waals surface area contributed by atoms with Crippen LogP contribution in [0.2, 0.25) is 0 Å². The largest absolute Gasteiger partial charge is 0.464 e. The summed E-state index contributed by atoms with van der Waals surface area (Å²) in [6, 6.07) is 7.72. The Balaban J connectivity index is 2.12. The number of unbranched alkanes of at least 4 members (excludes halogenated alkanes) is 1. The van der Waals surface area contributed by atoms with E-state index in [4.69, 9.17) is 10.00 Å². The van der Waals surface area contributed by atoms with Gasteiger partial charge >= 0.3 is 12.0 Å². The molecule has 1 unspecified atom stereocenters. The van der Waals surface area contributed by atoms with Crippen LogP contribution in [-0.2, 0) is 19.9 Å². The summed E-state index contributed by atoms with van der Waals surface area (Å²) in [7, 11) is 0. The molecule has 1 saturated heterocycles. The summed E-state index contributed by atoms with van der Waals surface area (Å²) in [5.41, 5.74) is -0.272. The fourth-order valence-corrected chi connectivity index (χ4v) is 2.42. The molecule has 0 aliphatic carbocycles. The number of nitrogens with one attached hydrogen (secondary N) is 1. The minimum atomic E-state index is -1.27. The van der Waals surface area contributed by atoms with E-state index in [2.05, 4.69) is 5.32 Å². The number of hydrogen-bond donors (Lipinski definition) is 1. The van der Waals surface area contributed by atoms with Gasteiger partial charge in [0.05, 0.1) is 18.2 Å². The molecule has 2 rings (SSSR count). The zero-order valence-electron chi connectivity index (χ0n) is 13.7. The highest BCUT2D eigenvalue weighted by atomic mass is 16.5. The van der Waals surface area contributed by atoms with Gasteiger partial charge in [0.2, 0.25) is 0 Å². The van der Waals surface area contributed by atoms with Crippen molar-refractivity contribution in [2.75, 3.05) is 13.2 Å². The first-order valence-electron chi connectivity index (χ1n) is 7.72. The van der Waals surface area contributed by atoms with Crippen LogP contribution in [0.5, 0.6) is 0 Å². The van der Waals surface area contributed by atoms with Gasteiger partial charge in [0.15, 0.2) is 0 Å². The number of imide groups is 1. The van der Waals surface area contributed by atoms with E-state index < -0.39 is 30.0 Å². The molecule has 0 spiro atoms. The van der Waals surface area contributed by atoms with E-state index in [0.29, 0.717) is 11.1 Å². The van der Waals surface area contributed by atoms with Gasteiger partial charge in [-0.25, -0.2) is 4.79 Å². The molecule has 1 heterocycles. The van der Waals surface area contributed by atoms with Gasteiger partial charge in [-0.05, 0) is 31.0 Å². The number of esters is 1. The molecule has 1 aromatic carbocycles.